The van der Waals surface area contributed by atoms with Gasteiger partial charge in [0.15, 0.2) is 11.5 Å². The Morgan fingerprint density at radius 3 is 2.43 bits per heavy atom. The van der Waals surface area contributed by atoms with E-state index in [1.807, 2.05) is 30.1 Å². The van der Waals surface area contributed by atoms with E-state index in [9.17, 15) is 0 Å². The zero-order valence-corrected chi connectivity index (χ0v) is 10.2. The lowest BCUT2D eigenvalue weighted by atomic mass is 10.2. The van der Waals surface area contributed by atoms with Crippen LogP contribution in [0.2, 0.25) is 0 Å². The molecule has 0 bridgehead atoms. The molecule has 0 spiro atoms. The van der Waals surface area contributed by atoms with Gasteiger partial charge in [-0.1, -0.05) is 41.9 Å². The van der Waals surface area contributed by atoms with Gasteiger partial charge in [-0.25, -0.2) is 4.98 Å². The van der Waals surface area contributed by atoms with Gasteiger partial charge in [0.25, 0.3) is 0 Å². The zero-order chi connectivity index (χ0) is 10.6. The molecule has 2 aromatic rings. The number of alkyl halides is 1. The number of oxazole rings is 1. The monoisotopic (exact) mass is 255 g/mol. The molecule has 0 amide bonds. The lowest BCUT2D eigenvalue weighted by Gasteiger charge is -1.93. The van der Waals surface area contributed by atoms with Crippen molar-refractivity contribution in [3.8, 4) is 0 Å². The fourth-order valence-corrected chi connectivity index (χ4v) is 1.14. The van der Waals surface area contributed by atoms with Crippen LogP contribution in [0.15, 0.2) is 28.7 Å². The average molecular weight is 256 g/mol. The van der Waals surface area contributed by atoms with E-state index in [0.29, 0.717) is 5.92 Å². The lowest BCUT2D eigenvalue weighted by Crippen LogP contribution is -1.84. The van der Waals surface area contributed by atoms with Gasteiger partial charge in [0.1, 0.15) is 5.52 Å². The molecule has 0 unspecified atom stereocenters. The summed E-state index contributed by atoms with van der Waals surface area (Å²) in [5, 5.41) is 0. The van der Waals surface area contributed by atoms with Gasteiger partial charge >= 0.3 is 0 Å². The fourth-order valence-electron chi connectivity index (χ4n) is 1.14. The Hall–Kier alpha value is -0.830. The third kappa shape index (κ3) is 2.35. The summed E-state index contributed by atoms with van der Waals surface area (Å²) in [5.41, 5.74) is 1.82. The summed E-state index contributed by atoms with van der Waals surface area (Å²) in [6.07, 6.45) is 0. The number of hydrogen-bond acceptors (Lipinski definition) is 2. The van der Waals surface area contributed by atoms with Gasteiger partial charge in [0.2, 0.25) is 0 Å². The van der Waals surface area contributed by atoms with Crippen LogP contribution in [0.25, 0.3) is 11.1 Å². The molecule has 0 saturated carbocycles. The highest BCUT2D eigenvalue weighted by Crippen LogP contribution is 2.19. The number of nitrogens with zero attached hydrogens (tertiary/aromatic N) is 1. The Kier molecular flexibility index (Phi) is 4.14. The first kappa shape index (κ1) is 11.2. The van der Waals surface area contributed by atoms with Crippen LogP contribution in [0.5, 0.6) is 0 Å². The first-order chi connectivity index (χ1) is 6.77. The van der Waals surface area contributed by atoms with Crippen LogP contribution >= 0.6 is 15.9 Å². The Labute approximate surface area is 92.5 Å². The van der Waals surface area contributed by atoms with Crippen LogP contribution < -0.4 is 0 Å². The molecule has 0 atom stereocenters. The van der Waals surface area contributed by atoms with Gasteiger partial charge in [-0.05, 0) is 18.0 Å². The van der Waals surface area contributed by atoms with E-state index in [1.54, 1.807) is 0 Å². The van der Waals surface area contributed by atoms with Crippen LogP contribution in [0.3, 0.4) is 0 Å². The van der Waals surface area contributed by atoms with Crippen molar-refractivity contribution < 1.29 is 4.42 Å². The molecular formula is C11H14BrNO. The van der Waals surface area contributed by atoms with E-state index in [4.69, 9.17) is 4.42 Å². The number of para-hydroxylation sites is 2. The van der Waals surface area contributed by atoms with Crippen LogP contribution in [0.4, 0.5) is 0 Å². The van der Waals surface area contributed by atoms with Crippen molar-refractivity contribution in [1.29, 1.82) is 0 Å². The molecule has 3 heteroatoms. The van der Waals surface area contributed by atoms with Gasteiger partial charge in [-0.15, -0.1) is 0 Å². The maximum atomic E-state index is 5.52. The molecule has 0 saturated heterocycles. The molecule has 0 radical (unpaired) electrons. The van der Waals surface area contributed by atoms with E-state index in [2.05, 4.69) is 34.8 Å². The molecule has 2 nitrogen and oxygen atoms in total. The van der Waals surface area contributed by atoms with Crippen molar-refractivity contribution in [2.45, 2.75) is 19.8 Å². The molecule has 0 N–H and O–H groups in total. The molecule has 14 heavy (non-hydrogen) atoms. The Balaban J connectivity index is 0.000000461. The third-order valence-electron chi connectivity index (χ3n) is 1.80. The number of benzene rings is 1. The van der Waals surface area contributed by atoms with E-state index in [1.165, 1.54) is 0 Å². The maximum Gasteiger partial charge on any atom is 0.198 e. The summed E-state index contributed by atoms with van der Waals surface area (Å²) in [4.78, 5) is 4.35. The number of rotatable bonds is 1. The van der Waals surface area contributed by atoms with Crippen LogP contribution in [-0.2, 0) is 0 Å². The Morgan fingerprint density at radius 2 is 1.86 bits per heavy atom. The maximum absolute atomic E-state index is 5.52. The summed E-state index contributed by atoms with van der Waals surface area (Å²) in [6, 6.07) is 7.82. The SMILES string of the molecule is CBr.CC(C)c1nc2ccccc2o1. The van der Waals surface area contributed by atoms with Crippen LogP contribution in [0, 0.1) is 0 Å². The summed E-state index contributed by atoms with van der Waals surface area (Å²) in [6.45, 7) is 4.15. The number of fused-ring (bicyclic) bond motifs is 1. The summed E-state index contributed by atoms with van der Waals surface area (Å²) >= 11 is 2.94. The Morgan fingerprint density at radius 1 is 1.21 bits per heavy atom. The number of hydrogen-bond donors (Lipinski definition) is 0. The Bertz CT molecular complexity index is 362. The van der Waals surface area contributed by atoms with E-state index in [-0.39, 0.29) is 0 Å². The largest absolute Gasteiger partial charge is 0.440 e. The van der Waals surface area contributed by atoms with Crippen molar-refractivity contribution >= 4 is 27.0 Å². The average Bonchev–Trinajstić information content (AvgIpc) is 2.64. The second-order valence-electron chi connectivity index (χ2n) is 3.17. The van der Waals surface area contributed by atoms with Crippen LogP contribution in [-0.4, -0.2) is 10.8 Å². The molecule has 0 fully saturated rings. The predicted molar refractivity (Wildman–Crippen MR) is 62.9 cm³/mol. The van der Waals surface area contributed by atoms with E-state index in [0.717, 1.165) is 17.0 Å². The smallest absolute Gasteiger partial charge is 0.198 e. The topological polar surface area (TPSA) is 26.0 Å². The second-order valence-corrected chi connectivity index (χ2v) is 3.17. The lowest BCUT2D eigenvalue weighted by molar-refractivity contribution is 0.501. The predicted octanol–water partition coefficient (Wildman–Crippen LogP) is 3.96. The highest BCUT2D eigenvalue weighted by Gasteiger charge is 2.07. The molecule has 1 aromatic carbocycles. The number of aromatic nitrogens is 1. The molecule has 0 aliphatic carbocycles. The number of halogens is 1. The van der Waals surface area contributed by atoms with Gasteiger partial charge in [-0.2, -0.15) is 0 Å². The van der Waals surface area contributed by atoms with Crippen molar-refractivity contribution in [1.82, 2.24) is 4.98 Å². The minimum atomic E-state index is 0.359. The molecular weight excluding hydrogens is 242 g/mol. The van der Waals surface area contributed by atoms with Gasteiger partial charge in [0.05, 0.1) is 0 Å². The van der Waals surface area contributed by atoms with Crippen molar-refractivity contribution in [2.24, 2.45) is 0 Å². The quantitative estimate of drug-likeness (QED) is 0.722. The van der Waals surface area contributed by atoms with Gasteiger partial charge in [0, 0.05) is 5.92 Å². The van der Waals surface area contributed by atoms with E-state index >= 15 is 0 Å². The summed E-state index contributed by atoms with van der Waals surface area (Å²) < 4.78 is 5.52. The van der Waals surface area contributed by atoms with Crippen LogP contribution in [0.1, 0.15) is 25.7 Å². The van der Waals surface area contributed by atoms with Crippen molar-refractivity contribution in [2.75, 3.05) is 5.83 Å². The van der Waals surface area contributed by atoms with E-state index < -0.39 is 0 Å². The van der Waals surface area contributed by atoms with Crippen molar-refractivity contribution in [3.05, 3.63) is 30.2 Å². The molecule has 76 valence electrons. The minimum Gasteiger partial charge on any atom is -0.440 e. The third-order valence-corrected chi connectivity index (χ3v) is 1.80. The fraction of sp³-hybridized carbons (Fsp3) is 0.364. The van der Waals surface area contributed by atoms with Gasteiger partial charge in [-0.3, -0.25) is 0 Å². The molecule has 2 rings (SSSR count). The zero-order valence-electron chi connectivity index (χ0n) is 8.62. The second kappa shape index (κ2) is 5.15. The standard InChI is InChI=1S/C10H11NO.CH3Br/c1-7(2)10-11-8-5-3-4-6-9(8)12-10;1-2/h3-7H,1-2H3;1H3. The highest BCUT2D eigenvalue weighted by molar-refractivity contribution is 9.08. The summed E-state index contributed by atoms with van der Waals surface area (Å²) in [5.74, 6) is 2.99. The summed E-state index contributed by atoms with van der Waals surface area (Å²) in [7, 11) is 0. The molecule has 0 aliphatic rings. The molecule has 0 aliphatic heterocycles. The molecule has 1 aromatic heterocycles. The normalized spacial score (nSPS) is 10.1. The van der Waals surface area contributed by atoms with Gasteiger partial charge < -0.3 is 4.42 Å². The first-order valence-electron chi connectivity index (χ1n) is 4.50. The molecule has 1 heterocycles. The highest BCUT2D eigenvalue weighted by atomic mass is 79.9. The van der Waals surface area contributed by atoms with Crippen molar-refractivity contribution in [3.63, 3.8) is 0 Å². The minimum absolute atomic E-state index is 0.359. The first-order valence-corrected chi connectivity index (χ1v) is 6.09.